The molecular weight excluding hydrogens is 268 g/mol. The van der Waals surface area contributed by atoms with Gasteiger partial charge in [0, 0.05) is 25.0 Å². The quantitative estimate of drug-likeness (QED) is 0.866. The summed E-state index contributed by atoms with van der Waals surface area (Å²) in [6.45, 7) is 0. The molecule has 0 aliphatic rings. The Morgan fingerprint density at radius 2 is 2.11 bits per heavy atom. The van der Waals surface area contributed by atoms with Crippen LogP contribution in [-0.4, -0.2) is 29.9 Å². The molecule has 1 aromatic heterocycles. The first-order chi connectivity index (χ1) is 8.58. The number of hydrogen-bond acceptors (Lipinski definition) is 3. The molecule has 1 amide bonds. The van der Waals surface area contributed by atoms with Crippen LogP contribution >= 0.6 is 22.9 Å². The summed E-state index contributed by atoms with van der Waals surface area (Å²) in [7, 11) is 3.48. The average molecular weight is 281 g/mol. The third kappa shape index (κ3) is 2.89. The molecular formula is C13H13ClN2OS. The van der Waals surface area contributed by atoms with E-state index in [1.54, 1.807) is 19.0 Å². The molecule has 94 valence electrons. The Balaban J connectivity index is 2.21. The van der Waals surface area contributed by atoms with E-state index in [9.17, 15) is 4.79 Å². The van der Waals surface area contributed by atoms with Crippen LogP contribution < -0.4 is 0 Å². The van der Waals surface area contributed by atoms with E-state index >= 15 is 0 Å². The number of rotatable bonds is 3. The number of hydrogen-bond donors (Lipinski definition) is 0. The standard InChI is InChI=1S/C13H13ClN2OS/c1-16(2)12(17)7-9-8-18-13(15-9)10-5-3-4-6-11(10)14/h3-6,8H,7H2,1-2H3. The molecule has 3 nitrogen and oxygen atoms in total. The van der Waals surface area contributed by atoms with E-state index in [1.165, 1.54) is 11.3 Å². The third-order valence-corrected chi connectivity index (χ3v) is 3.74. The minimum atomic E-state index is 0.0472. The Morgan fingerprint density at radius 1 is 1.39 bits per heavy atom. The first-order valence-corrected chi connectivity index (χ1v) is 6.73. The number of benzene rings is 1. The number of aromatic nitrogens is 1. The molecule has 0 atom stereocenters. The van der Waals surface area contributed by atoms with Gasteiger partial charge in [-0.1, -0.05) is 29.8 Å². The number of amides is 1. The molecule has 0 bridgehead atoms. The Bertz CT molecular complexity index is 566. The van der Waals surface area contributed by atoms with Crippen molar-refractivity contribution < 1.29 is 4.79 Å². The fourth-order valence-corrected chi connectivity index (χ4v) is 2.60. The highest BCUT2D eigenvalue weighted by molar-refractivity contribution is 7.13. The molecule has 2 aromatic rings. The smallest absolute Gasteiger partial charge is 0.228 e. The van der Waals surface area contributed by atoms with Crippen molar-refractivity contribution >= 4 is 28.8 Å². The van der Waals surface area contributed by atoms with Crippen molar-refractivity contribution in [3.8, 4) is 10.6 Å². The summed E-state index contributed by atoms with van der Waals surface area (Å²) in [5, 5.41) is 3.43. The van der Waals surface area contributed by atoms with Gasteiger partial charge in [0.1, 0.15) is 5.01 Å². The zero-order valence-corrected chi connectivity index (χ0v) is 11.8. The molecule has 0 saturated carbocycles. The van der Waals surface area contributed by atoms with Crippen LogP contribution in [0.5, 0.6) is 0 Å². The molecule has 1 heterocycles. The normalized spacial score (nSPS) is 10.4. The highest BCUT2D eigenvalue weighted by atomic mass is 35.5. The van der Waals surface area contributed by atoms with Crippen molar-refractivity contribution in [3.05, 3.63) is 40.4 Å². The fraction of sp³-hybridized carbons (Fsp3) is 0.231. The second kappa shape index (κ2) is 5.50. The first-order valence-electron chi connectivity index (χ1n) is 5.47. The van der Waals surface area contributed by atoms with E-state index in [-0.39, 0.29) is 5.91 Å². The lowest BCUT2D eigenvalue weighted by Crippen LogP contribution is -2.23. The zero-order valence-electron chi connectivity index (χ0n) is 10.2. The van der Waals surface area contributed by atoms with Gasteiger partial charge in [-0.25, -0.2) is 4.98 Å². The van der Waals surface area contributed by atoms with Crippen LogP contribution in [0.3, 0.4) is 0 Å². The Labute approximate surface area is 115 Å². The van der Waals surface area contributed by atoms with Crippen LogP contribution in [0.4, 0.5) is 0 Å². The molecule has 0 saturated heterocycles. The van der Waals surface area contributed by atoms with Crippen LogP contribution in [0.1, 0.15) is 5.69 Å². The molecule has 0 radical (unpaired) electrons. The third-order valence-electron chi connectivity index (χ3n) is 2.49. The Kier molecular flexibility index (Phi) is 3.99. The first kappa shape index (κ1) is 13.1. The average Bonchev–Trinajstić information content (AvgIpc) is 2.77. The summed E-state index contributed by atoms with van der Waals surface area (Å²) < 4.78 is 0. The van der Waals surface area contributed by atoms with Gasteiger partial charge in [0.05, 0.1) is 17.1 Å². The number of halogens is 1. The maximum absolute atomic E-state index is 11.6. The van der Waals surface area contributed by atoms with Gasteiger partial charge in [-0.15, -0.1) is 11.3 Å². The topological polar surface area (TPSA) is 33.2 Å². The molecule has 0 unspecified atom stereocenters. The van der Waals surface area contributed by atoms with E-state index in [0.717, 1.165) is 16.3 Å². The second-order valence-electron chi connectivity index (χ2n) is 4.09. The van der Waals surface area contributed by atoms with Gasteiger partial charge in [0.15, 0.2) is 0 Å². The minimum Gasteiger partial charge on any atom is -0.348 e. The molecule has 0 N–H and O–H groups in total. The lowest BCUT2D eigenvalue weighted by molar-refractivity contribution is -0.128. The largest absolute Gasteiger partial charge is 0.348 e. The van der Waals surface area contributed by atoms with Crippen LogP contribution in [0, 0.1) is 0 Å². The predicted octanol–water partition coefficient (Wildman–Crippen LogP) is 3.09. The number of thiazole rings is 1. The number of carbonyl (C=O) groups is 1. The van der Waals surface area contributed by atoms with Crippen molar-refractivity contribution in [2.75, 3.05) is 14.1 Å². The van der Waals surface area contributed by atoms with E-state index in [0.29, 0.717) is 11.4 Å². The summed E-state index contributed by atoms with van der Waals surface area (Å²) >= 11 is 7.62. The molecule has 0 spiro atoms. The van der Waals surface area contributed by atoms with Crippen molar-refractivity contribution in [3.63, 3.8) is 0 Å². The van der Waals surface area contributed by atoms with Crippen LogP contribution in [0.15, 0.2) is 29.6 Å². The van der Waals surface area contributed by atoms with Gasteiger partial charge in [-0.3, -0.25) is 4.79 Å². The molecule has 18 heavy (non-hydrogen) atoms. The van der Waals surface area contributed by atoms with E-state index < -0.39 is 0 Å². The summed E-state index contributed by atoms with van der Waals surface area (Å²) in [5.41, 5.74) is 1.70. The van der Waals surface area contributed by atoms with Gasteiger partial charge in [0.25, 0.3) is 0 Å². The van der Waals surface area contributed by atoms with Crippen molar-refractivity contribution in [2.24, 2.45) is 0 Å². The fourth-order valence-electron chi connectivity index (χ4n) is 1.46. The van der Waals surface area contributed by atoms with E-state index in [2.05, 4.69) is 4.98 Å². The lowest BCUT2D eigenvalue weighted by atomic mass is 10.2. The number of carbonyl (C=O) groups excluding carboxylic acids is 1. The van der Waals surface area contributed by atoms with Gasteiger partial charge >= 0.3 is 0 Å². The summed E-state index contributed by atoms with van der Waals surface area (Å²) in [5.74, 6) is 0.0472. The molecule has 0 aliphatic heterocycles. The van der Waals surface area contributed by atoms with Gasteiger partial charge < -0.3 is 4.90 Å². The van der Waals surface area contributed by atoms with Gasteiger partial charge in [-0.05, 0) is 6.07 Å². The maximum atomic E-state index is 11.6. The predicted molar refractivity (Wildman–Crippen MR) is 75.0 cm³/mol. The lowest BCUT2D eigenvalue weighted by Gasteiger charge is -2.07. The SMILES string of the molecule is CN(C)C(=O)Cc1csc(-c2ccccc2Cl)n1. The maximum Gasteiger partial charge on any atom is 0.228 e. The zero-order chi connectivity index (χ0) is 13.1. The molecule has 0 aliphatic carbocycles. The van der Waals surface area contributed by atoms with Crippen LogP contribution in [0.25, 0.3) is 10.6 Å². The van der Waals surface area contributed by atoms with Gasteiger partial charge in [0.2, 0.25) is 5.91 Å². The number of likely N-dealkylation sites (N-methyl/N-ethyl adjacent to an activating group) is 1. The van der Waals surface area contributed by atoms with Crippen LogP contribution in [-0.2, 0) is 11.2 Å². The Morgan fingerprint density at radius 3 is 2.78 bits per heavy atom. The van der Waals surface area contributed by atoms with E-state index in [1.807, 2.05) is 29.6 Å². The van der Waals surface area contributed by atoms with Crippen LogP contribution in [0.2, 0.25) is 5.02 Å². The minimum absolute atomic E-state index is 0.0472. The molecule has 0 fully saturated rings. The monoisotopic (exact) mass is 280 g/mol. The Hall–Kier alpha value is -1.39. The second-order valence-corrected chi connectivity index (χ2v) is 5.35. The van der Waals surface area contributed by atoms with Crippen molar-refractivity contribution in [1.29, 1.82) is 0 Å². The van der Waals surface area contributed by atoms with Gasteiger partial charge in [-0.2, -0.15) is 0 Å². The van der Waals surface area contributed by atoms with Crippen molar-refractivity contribution in [1.82, 2.24) is 9.88 Å². The summed E-state index contributed by atoms with van der Waals surface area (Å²) in [6, 6.07) is 7.57. The molecule has 5 heteroatoms. The highest BCUT2D eigenvalue weighted by Gasteiger charge is 2.11. The van der Waals surface area contributed by atoms with Crippen molar-refractivity contribution in [2.45, 2.75) is 6.42 Å². The molecule has 1 aromatic carbocycles. The summed E-state index contributed by atoms with van der Waals surface area (Å²) in [6.07, 6.45) is 0.327. The molecule has 2 rings (SSSR count). The summed E-state index contributed by atoms with van der Waals surface area (Å²) in [4.78, 5) is 17.6. The van der Waals surface area contributed by atoms with E-state index in [4.69, 9.17) is 11.6 Å². The number of nitrogens with zero attached hydrogens (tertiary/aromatic N) is 2. The highest BCUT2D eigenvalue weighted by Crippen LogP contribution is 2.30.